The van der Waals surface area contributed by atoms with Gasteiger partial charge >= 0.3 is 0 Å². The first-order valence-corrected chi connectivity index (χ1v) is 11.8. The first-order chi connectivity index (χ1) is 14.8. The predicted octanol–water partition coefficient (Wildman–Crippen LogP) is 4.76. The molecule has 0 saturated heterocycles. The summed E-state index contributed by atoms with van der Waals surface area (Å²) in [5, 5.41) is 3.31. The van der Waals surface area contributed by atoms with E-state index in [1.165, 1.54) is 24.3 Å². The molecule has 162 valence electrons. The number of nitrogens with zero attached hydrogens (tertiary/aromatic N) is 1. The van der Waals surface area contributed by atoms with E-state index in [0.717, 1.165) is 15.4 Å². The summed E-state index contributed by atoms with van der Waals surface area (Å²) >= 11 is 5.92. The summed E-state index contributed by atoms with van der Waals surface area (Å²) in [6, 6.07) is 22.9. The van der Waals surface area contributed by atoms with Crippen LogP contribution < -0.4 is 9.62 Å². The summed E-state index contributed by atoms with van der Waals surface area (Å²) in [6.07, 6.45) is 0. The van der Waals surface area contributed by atoms with Crippen molar-refractivity contribution in [2.24, 2.45) is 0 Å². The Morgan fingerprint density at radius 3 is 2.23 bits per heavy atom. The number of carbonyl (C=O) groups excluding carboxylic acids is 1. The Bertz CT molecular complexity index is 1130. The van der Waals surface area contributed by atoms with Crippen molar-refractivity contribution in [3.63, 3.8) is 0 Å². The summed E-state index contributed by atoms with van der Waals surface area (Å²) in [5.74, 6) is -0.270. The number of halogens is 1. The maximum Gasteiger partial charge on any atom is 0.264 e. The molecular formula is C24H25ClN2O3S. The van der Waals surface area contributed by atoms with Gasteiger partial charge in [0.25, 0.3) is 10.0 Å². The Balaban J connectivity index is 1.83. The molecule has 1 amide bonds. The summed E-state index contributed by atoms with van der Waals surface area (Å²) < 4.78 is 27.9. The molecule has 0 aromatic heterocycles. The highest BCUT2D eigenvalue weighted by molar-refractivity contribution is 7.92. The molecule has 0 spiro atoms. The van der Waals surface area contributed by atoms with E-state index >= 15 is 0 Å². The van der Waals surface area contributed by atoms with Gasteiger partial charge in [-0.25, -0.2) is 8.42 Å². The number of para-hydroxylation sites is 1. The lowest BCUT2D eigenvalue weighted by Gasteiger charge is -2.26. The number of sulfonamides is 1. The summed E-state index contributed by atoms with van der Waals surface area (Å²) in [7, 11) is -3.97. The Morgan fingerprint density at radius 2 is 1.58 bits per heavy atom. The zero-order valence-corrected chi connectivity index (χ0v) is 19.0. The highest BCUT2D eigenvalue weighted by atomic mass is 35.5. The number of anilines is 1. The highest BCUT2D eigenvalue weighted by Crippen LogP contribution is 2.27. The maximum atomic E-state index is 13.4. The highest BCUT2D eigenvalue weighted by Gasteiger charge is 2.28. The minimum atomic E-state index is -3.97. The lowest BCUT2D eigenvalue weighted by molar-refractivity contribution is -0.119. The fourth-order valence-corrected chi connectivity index (χ4v) is 4.84. The van der Waals surface area contributed by atoms with E-state index in [1.54, 1.807) is 12.1 Å². The smallest absolute Gasteiger partial charge is 0.264 e. The Kier molecular flexibility index (Phi) is 7.36. The topological polar surface area (TPSA) is 66.5 Å². The molecule has 3 rings (SSSR count). The number of rotatable bonds is 8. The molecule has 0 radical (unpaired) electrons. The number of carbonyl (C=O) groups is 1. The van der Waals surface area contributed by atoms with E-state index < -0.39 is 10.0 Å². The van der Waals surface area contributed by atoms with Gasteiger partial charge in [-0.1, -0.05) is 67.1 Å². The van der Waals surface area contributed by atoms with Crippen LogP contribution >= 0.6 is 11.6 Å². The molecule has 0 heterocycles. The third-order valence-corrected chi connectivity index (χ3v) is 7.07. The molecule has 1 unspecified atom stereocenters. The van der Waals surface area contributed by atoms with Gasteiger partial charge in [0.15, 0.2) is 0 Å². The third kappa shape index (κ3) is 5.66. The number of aryl methyl sites for hydroxylation is 1. The van der Waals surface area contributed by atoms with Crippen LogP contribution in [0.25, 0.3) is 0 Å². The van der Waals surface area contributed by atoms with Gasteiger partial charge in [0.1, 0.15) is 6.54 Å². The van der Waals surface area contributed by atoms with E-state index in [1.807, 2.05) is 56.3 Å². The Labute approximate surface area is 188 Å². The standard InChI is InChI=1S/C24H25ClN2O3S/c1-18-8-6-7-11-23(18)27(31(29,30)22-14-12-21(25)13-15-22)17-24(28)26-16-19(2)20-9-4-3-5-10-20/h3-15,19H,16-17H2,1-2H3,(H,26,28). The molecule has 1 N–H and O–H groups in total. The lowest BCUT2D eigenvalue weighted by atomic mass is 10.0. The van der Waals surface area contributed by atoms with Gasteiger partial charge in [-0.3, -0.25) is 9.10 Å². The van der Waals surface area contributed by atoms with Crippen LogP contribution in [0.2, 0.25) is 5.02 Å². The van der Waals surface area contributed by atoms with Crippen LogP contribution in [0.3, 0.4) is 0 Å². The molecule has 0 saturated carbocycles. The van der Waals surface area contributed by atoms with Crippen LogP contribution in [0.5, 0.6) is 0 Å². The van der Waals surface area contributed by atoms with Crippen molar-refractivity contribution in [3.05, 3.63) is 95.0 Å². The van der Waals surface area contributed by atoms with E-state index in [0.29, 0.717) is 17.3 Å². The van der Waals surface area contributed by atoms with Gasteiger partial charge in [-0.15, -0.1) is 0 Å². The average molecular weight is 457 g/mol. The van der Waals surface area contributed by atoms with E-state index in [9.17, 15) is 13.2 Å². The molecule has 0 bridgehead atoms. The number of benzene rings is 3. The van der Waals surface area contributed by atoms with E-state index in [2.05, 4.69) is 5.32 Å². The predicted molar refractivity (Wildman–Crippen MR) is 125 cm³/mol. The molecule has 0 fully saturated rings. The summed E-state index contributed by atoms with van der Waals surface area (Å²) in [4.78, 5) is 12.8. The molecule has 0 aliphatic rings. The van der Waals surface area contributed by atoms with Crippen molar-refractivity contribution in [2.75, 3.05) is 17.4 Å². The Hall–Kier alpha value is -2.83. The second-order valence-corrected chi connectivity index (χ2v) is 9.67. The fraction of sp³-hybridized carbons (Fsp3) is 0.208. The second-order valence-electron chi connectivity index (χ2n) is 7.37. The quantitative estimate of drug-likeness (QED) is 0.531. The van der Waals surface area contributed by atoms with Crippen LogP contribution in [-0.4, -0.2) is 27.4 Å². The van der Waals surface area contributed by atoms with E-state index in [4.69, 9.17) is 11.6 Å². The minimum absolute atomic E-state index is 0.0746. The number of nitrogens with one attached hydrogen (secondary N) is 1. The molecule has 1 atom stereocenters. The van der Waals surface area contributed by atoms with Crippen LogP contribution in [0.4, 0.5) is 5.69 Å². The van der Waals surface area contributed by atoms with Crippen molar-refractivity contribution in [1.82, 2.24) is 5.32 Å². The molecule has 0 aliphatic carbocycles. The van der Waals surface area contributed by atoms with Crippen molar-refractivity contribution in [1.29, 1.82) is 0 Å². The minimum Gasteiger partial charge on any atom is -0.354 e. The zero-order chi connectivity index (χ0) is 22.4. The molecule has 3 aromatic carbocycles. The van der Waals surface area contributed by atoms with Gasteiger partial charge in [-0.05, 0) is 54.3 Å². The van der Waals surface area contributed by atoms with Crippen LogP contribution in [-0.2, 0) is 14.8 Å². The molecule has 5 nitrogen and oxygen atoms in total. The molecule has 3 aromatic rings. The normalized spacial score (nSPS) is 12.2. The van der Waals surface area contributed by atoms with Crippen LogP contribution in [0, 0.1) is 6.92 Å². The molecule has 31 heavy (non-hydrogen) atoms. The summed E-state index contributed by atoms with van der Waals surface area (Å²) in [6.45, 7) is 3.91. The monoisotopic (exact) mass is 456 g/mol. The van der Waals surface area contributed by atoms with Crippen LogP contribution in [0.1, 0.15) is 24.0 Å². The number of amides is 1. The largest absolute Gasteiger partial charge is 0.354 e. The summed E-state index contributed by atoms with van der Waals surface area (Å²) in [5.41, 5.74) is 2.32. The van der Waals surface area contributed by atoms with Gasteiger partial charge < -0.3 is 5.32 Å². The number of hydrogen-bond donors (Lipinski definition) is 1. The van der Waals surface area contributed by atoms with Crippen molar-refractivity contribution >= 4 is 33.2 Å². The Morgan fingerprint density at radius 1 is 0.968 bits per heavy atom. The fourth-order valence-electron chi connectivity index (χ4n) is 3.23. The van der Waals surface area contributed by atoms with Crippen molar-refractivity contribution in [2.45, 2.75) is 24.7 Å². The third-order valence-electron chi connectivity index (χ3n) is 5.05. The van der Waals surface area contributed by atoms with Gasteiger partial charge in [0.2, 0.25) is 5.91 Å². The molecule has 7 heteroatoms. The molecule has 0 aliphatic heterocycles. The maximum absolute atomic E-state index is 13.4. The van der Waals surface area contributed by atoms with Crippen molar-refractivity contribution < 1.29 is 13.2 Å². The van der Waals surface area contributed by atoms with Crippen LogP contribution in [0.15, 0.2) is 83.8 Å². The van der Waals surface area contributed by atoms with Crippen molar-refractivity contribution in [3.8, 4) is 0 Å². The molecular weight excluding hydrogens is 432 g/mol. The van der Waals surface area contributed by atoms with Gasteiger partial charge in [-0.2, -0.15) is 0 Å². The zero-order valence-electron chi connectivity index (χ0n) is 17.5. The second kappa shape index (κ2) is 9.98. The lowest BCUT2D eigenvalue weighted by Crippen LogP contribution is -2.42. The first-order valence-electron chi connectivity index (χ1n) is 9.94. The SMILES string of the molecule is Cc1ccccc1N(CC(=O)NCC(C)c1ccccc1)S(=O)(=O)c1ccc(Cl)cc1. The van der Waals surface area contributed by atoms with E-state index in [-0.39, 0.29) is 23.3 Å². The number of hydrogen-bond acceptors (Lipinski definition) is 3. The van der Waals surface area contributed by atoms with Gasteiger partial charge in [0.05, 0.1) is 10.6 Å². The first kappa shape index (κ1) is 22.8. The average Bonchev–Trinajstić information content (AvgIpc) is 2.77. The van der Waals surface area contributed by atoms with Gasteiger partial charge in [0, 0.05) is 11.6 Å².